The summed E-state index contributed by atoms with van der Waals surface area (Å²) in [6.45, 7) is 1.26. The van der Waals surface area contributed by atoms with Crippen molar-refractivity contribution in [1.82, 2.24) is 19.9 Å². The van der Waals surface area contributed by atoms with Crippen LogP contribution in [0.15, 0.2) is 61.2 Å². The van der Waals surface area contributed by atoms with Crippen molar-refractivity contribution in [2.75, 3.05) is 13.1 Å². The van der Waals surface area contributed by atoms with Gasteiger partial charge < -0.3 is 15.6 Å². The molecule has 3 rings (SSSR count). The second kappa shape index (κ2) is 9.64. The van der Waals surface area contributed by atoms with Crippen LogP contribution in [-0.2, 0) is 6.42 Å². The highest BCUT2D eigenvalue weighted by Gasteiger charge is 2.18. The lowest BCUT2D eigenvalue weighted by Gasteiger charge is -2.25. The molecule has 0 spiro atoms. The number of benzene rings is 1. The predicted molar refractivity (Wildman–Crippen MR) is 107 cm³/mol. The van der Waals surface area contributed by atoms with Gasteiger partial charge in [0.15, 0.2) is 5.96 Å². The van der Waals surface area contributed by atoms with E-state index in [1.807, 2.05) is 35.4 Å². The summed E-state index contributed by atoms with van der Waals surface area (Å²) in [6.07, 6.45) is 7.63. The molecule has 0 fully saturated rings. The number of H-pyrrole nitrogens is 1. The number of imidazole rings is 1. The maximum Gasteiger partial charge on any atom is 0.188 e. The van der Waals surface area contributed by atoms with Crippen LogP contribution in [0.2, 0.25) is 0 Å². The minimum Gasteiger partial charge on any atom is -0.370 e. The van der Waals surface area contributed by atoms with Gasteiger partial charge in [0.25, 0.3) is 0 Å². The van der Waals surface area contributed by atoms with E-state index in [2.05, 4.69) is 15.0 Å². The van der Waals surface area contributed by atoms with Gasteiger partial charge in [0.05, 0.1) is 12.0 Å². The van der Waals surface area contributed by atoms with Gasteiger partial charge in [0.1, 0.15) is 5.82 Å². The molecule has 1 unspecified atom stereocenters. The zero-order valence-corrected chi connectivity index (χ0v) is 15.7. The number of halogens is 1. The number of hydrogen-bond acceptors (Lipinski definition) is 3. The molecule has 1 atom stereocenters. The van der Waals surface area contributed by atoms with E-state index in [1.54, 1.807) is 24.7 Å². The van der Waals surface area contributed by atoms with Crippen molar-refractivity contribution in [2.45, 2.75) is 25.2 Å². The van der Waals surface area contributed by atoms with Gasteiger partial charge in [-0.2, -0.15) is 0 Å². The van der Waals surface area contributed by atoms with Crippen molar-refractivity contribution < 1.29 is 4.39 Å². The van der Waals surface area contributed by atoms with Gasteiger partial charge in [-0.1, -0.05) is 18.2 Å². The Kier molecular flexibility index (Phi) is 6.73. The smallest absolute Gasteiger partial charge is 0.188 e. The number of aryl methyl sites for hydroxylation is 1. The molecule has 0 aliphatic rings. The topological polar surface area (TPSA) is 94.7 Å². The minimum atomic E-state index is -0.263. The first-order valence-electron chi connectivity index (χ1n) is 9.36. The quantitative estimate of drug-likeness (QED) is 0.392. The van der Waals surface area contributed by atoms with Gasteiger partial charge in [-0.3, -0.25) is 10.4 Å². The fourth-order valence-electron chi connectivity index (χ4n) is 3.31. The van der Waals surface area contributed by atoms with Crippen LogP contribution in [-0.4, -0.2) is 38.9 Å². The van der Waals surface area contributed by atoms with Gasteiger partial charge >= 0.3 is 0 Å². The van der Waals surface area contributed by atoms with E-state index < -0.39 is 0 Å². The van der Waals surface area contributed by atoms with E-state index in [0.717, 1.165) is 29.8 Å². The summed E-state index contributed by atoms with van der Waals surface area (Å²) in [6, 6.07) is 12.4. The molecule has 2 aromatic heterocycles. The summed E-state index contributed by atoms with van der Waals surface area (Å²) in [7, 11) is 0. The van der Waals surface area contributed by atoms with Crippen molar-refractivity contribution >= 4 is 5.96 Å². The zero-order valence-electron chi connectivity index (χ0n) is 15.7. The molecule has 6 nitrogen and oxygen atoms in total. The third kappa shape index (κ3) is 5.39. The van der Waals surface area contributed by atoms with Crippen molar-refractivity contribution in [1.29, 1.82) is 5.41 Å². The maximum atomic E-state index is 13.8. The van der Waals surface area contributed by atoms with E-state index in [1.165, 1.54) is 6.07 Å². The first-order chi connectivity index (χ1) is 13.6. The molecule has 3 aromatic rings. The Balaban J connectivity index is 1.67. The lowest BCUT2D eigenvalue weighted by atomic mass is 9.91. The largest absolute Gasteiger partial charge is 0.370 e. The predicted octanol–water partition coefficient (Wildman–Crippen LogP) is 3.29. The normalized spacial score (nSPS) is 11.9. The van der Waals surface area contributed by atoms with E-state index in [4.69, 9.17) is 11.1 Å². The first-order valence-corrected chi connectivity index (χ1v) is 9.36. The molecule has 0 saturated heterocycles. The Morgan fingerprint density at radius 3 is 2.75 bits per heavy atom. The molecule has 0 amide bonds. The monoisotopic (exact) mass is 380 g/mol. The molecule has 0 aliphatic carbocycles. The van der Waals surface area contributed by atoms with Crippen molar-refractivity contribution in [3.8, 4) is 0 Å². The molecular weight excluding hydrogens is 355 g/mol. The Hall–Kier alpha value is -3.22. The first kappa shape index (κ1) is 19.5. The number of nitrogens with zero attached hydrogens (tertiary/aromatic N) is 3. The number of rotatable bonds is 9. The van der Waals surface area contributed by atoms with Gasteiger partial charge in [0, 0.05) is 37.1 Å². The van der Waals surface area contributed by atoms with Crippen molar-refractivity contribution in [3.05, 3.63) is 84.0 Å². The molecule has 2 heterocycles. The summed E-state index contributed by atoms with van der Waals surface area (Å²) in [4.78, 5) is 13.5. The molecule has 0 radical (unpaired) electrons. The van der Waals surface area contributed by atoms with Crippen LogP contribution < -0.4 is 5.73 Å². The lowest BCUT2D eigenvalue weighted by Crippen LogP contribution is -2.38. The van der Waals surface area contributed by atoms with Crippen LogP contribution in [0.25, 0.3) is 0 Å². The van der Waals surface area contributed by atoms with E-state index in [9.17, 15) is 4.39 Å². The summed E-state index contributed by atoms with van der Waals surface area (Å²) in [5.41, 5.74) is 8.55. The molecule has 0 aliphatic heterocycles. The highest BCUT2D eigenvalue weighted by Crippen LogP contribution is 2.27. The molecule has 4 N–H and O–H groups in total. The average molecular weight is 380 g/mol. The van der Waals surface area contributed by atoms with E-state index in [-0.39, 0.29) is 17.7 Å². The lowest BCUT2D eigenvalue weighted by molar-refractivity contribution is 0.385. The number of pyridine rings is 1. The van der Waals surface area contributed by atoms with E-state index in [0.29, 0.717) is 19.5 Å². The Morgan fingerprint density at radius 1 is 1.18 bits per heavy atom. The Labute approximate surface area is 164 Å². The molecule has 7 heteroatoms. The number of nitrogens with one attached hydrogen (secondary N) is 2. The van der Waals surface area contributed by atoms with Crippen molar-refractivity contribution in [3.63, 3.8) is 0 Å². The fraction of sp³-hybridized carbons (Fsp3) is 0.286. The van der Waals surface area contributed by atoms with Crippen molar-refractivity contribution in [2.24, 2.45) is 5.73 Å². The Bertz CT molecular complexity index is 866. The number of aromatic amines is 1. The van der Waals surface area contributed by atoms with Gasteiger partial charge in [0.2, 0.25) is 0 Å². The van der Waals surface area contributed by atoms with Gasteiger partial charge in [-0.15, -0.1) is 0 Å². The molecule has 28 heavy (non-hydrogen) atoms. The molecular formula is C21H25FN6. The summed E-state index contributed by atoms with van der Waals surface area (Å²) in [5.74, 6) is -0.285. The van der Waals surface area contributed by atoms with Gasteiger partial charge in [-0.25, -0.2) is 9.37 Å². The standard InChI is InChI=1S/C21H25FN6/c22-17-6-3-5-16(13-17)19(20-8-1-2-10-26-20)9-12-28(21(23)24)11-4-7-18-14-25-15-27-18/h1-3,5-6,8,10,13-15,19H,4,7,9,11-12H2,(H3,23,24)(H,25,27). The second-order valence-corrected chi connectivity index (χ2v) is 6.69. The van der Waals surface area contributed by atoms with Crippen LogP contribution >= 0.6 is 0 Å². The van der Waals surface area contributed by atoms with Crippen LogP contribution in [0.5, 0.6) is 0 Å². The third-order valence-corrected chi connectivity index (χ3v) is 4.74. The number of aromatic nitrogens is 3. The van der Waals surface area contributed by atoms with Gasteiger partial charge in [-0.05, 0) is 49.1 Å². The average Bonchev–Trinajstić information content (AvgIpc) is 3.21. The van der Waals surface area contributed by atoms with Crippen LogP contribution in [0.1, 0.15) is 35.7 Å². The highest BCUT2D eigenvalue weighted by molar-refractivity contribution is 5.74. The summed E-state index contributed by atoms with van der Waals surface area (Å²) < 4.78 is 13.8. The molecule has 0 saturated carbocycles. The number of hydrogen-bond donors (Lipinski definition) is 3. The summed E-state index contributed by atoms with van der Waals surface area (Å²) >= 11 is 0. The zero-order chi connectivity index (χ0) is 19.8. The third-order valence-electron chi connectivity index (χ3n) is 4.74. The summed E-state index contributed by atoms with van der Waals surface area (Å²) in [5, 5.41) is 7.90. The van der Waals surface area contributed by atoms with Crippen LogP contribution in [0.4, 0.5) is 4.39 Å². The van der Waals surface area contributed by atoms with Crippen LogP contribution in [0.3, 0.4) is 0 Å². The second-order valence-electron chi connectivity index (χ2n) is 6.69. The maximum absolute atomic E-state index is 13.8. The fourth-order valence-corrected chi connectivity index (χ4v) is 3.31. The highest BCUT2D eigenvalue weighted by atomic mass is 19.1. The SMILES string of the molecule is N=C(N)N(CCCc1c[nH]cn1)CCC(c1cccc(F)c1)c1ccccn1. The molecule has 0 bridgehead atoms. The molecule has 146 valence electrons. The van der Waals surface area contributed by atoms with Crippen LogP contribution in [0, 0.1) is 11.2 Å². The Morgan fingerprint density at radius 2 is 2.07 bits per heavy atom. The number of guanidine groups is 1. The minimum absolute atomic E-state index is 0.0426. The number of nitrogens with two attached hydrogens (primary N) is 1. The molecule has 1 aromatic carbocycles. The van der Waals surface area contributed by atoms with E-state index >= 15 is 0 Å².